The van der Waals surface area contributed by atoms with Crippen molar-refractivity contribution in [3.63, 3.8) is 0 Å². The molecule has 0 radical (unpaired) electrons. The van der Waals surface area contributed by atoms with E-state index in [4.69, 9.17) is 9.15 Å². The van der Waals surface area contributed by atoms with Gasteiger partial charge < -0.3 is 13.9 Å². The molecule has 0 amide bonds. The van der Waals surface area contributed by atoms with E-state index in [1.807, 2.05) is 24.3 Å². The first-order valence-electron chi connectivity index (χ1n) is 4.42. The van der Waals surface area contributed by atoms with Crippen LogP contribution < -0.4 is 4.74 Å². The fraction of sp³-hybridized carbons (Fsp3) is 0.182. The third-order valence-corrected chi connectivity index (χ3v) is 2.82. The highest BCUT2D eigenvalue weighted by Gasteiger charge is 2.13. The molecule has 1 atom stereocenters. The minimum Gasteiger partial charge on any atom is -0.496 e. The van der Waals surface area contributed by atoms with E-state index in [-0.39, 0.29) is 0 Å². The van der Waals surface area contributed by atoms with Crippen molar-refractivity contribution in [2.75, 3.05) is 7.11 Å². The van der Waals surface area contributed by atoms with Gasteiger partial charge in [-0.1, -0.05) is 22.0 Å². The van der Waals surface area contributed by atoms with Gasteiger partial charge in [0.05, 0.1) is 12.5 Å². The molecule has 3 nitrogen and oxygen atoms in total. The highest BCUT2D eigenvalue weighted by atomic mass is 79.9. The number of benzene rings is 1. The average Bonchev–Trinajstić information content (AvgIpc) is 2.71. The largest absolute Gasteiger partial charge is 0.496 e. The number of carbonyl (C=O) groups excluding carboxylic acids is 1. The van der Waals surface area contributed by atoms with Crippen molar-refractivity contribution < 1.29 is 13.9 Å². The van der Waals surface area contributed by atoms with Gasteiger partial charge in [-0.05, 0) is 18.2 Å². The third-order valence-electron chi connectivity index (χ3n) is 2.15. The van der Waals surface area contributed by atoms with Crippen LogP contribution >= 0.6 is 15.9 Å². The molecule has 0 aliphatic carbocycles. The maximum absolute atomic E-state index is 10.6. The number of furan rings is 1. The SMILES string of the molecule is COc1cccc2oc(C(Br)C=O)cc12. The number of carbonyl (C=O) groups is 1. The molecule has 4 heteroatoms. The van der Waals surface area contributed by atoms with Gasteiger partial charge >= 0.3 is 0 Å². The molecule has 0 aliphatic heterocycles. The monoisotopic (exact) mass is 268 g/mol. The Kier molecular flexibility index (Phi) is 2.77. The van der Waals surface area contributed by atoms with Crippen LogP contribution in [0.25, 0.3) is 11.0 Å². The summed E-state index contributed by atoms with van der Waals surface area (Å²) in [6, 6.07) is 7.35. The van der Waals surface area contributed by atoms with E-state index < -0.39 is 4.83 Å². The van der Waals surface area contributed by atoms with Crippen LogP contribution in [-0.4, -0.2) is 13.4 Å². The topological polar surface area (TPSA) is 39.4 Å². The quantitative estimate of drug-likeness (QED) is 0.635. The number of halogens is 1. The number of fused-ring (bicyclic) bond motifs is 1. The molecule has 1 unspecified atom stereocenters. The fourth-order valence-electron chi connectivity index (χ4n) is 1.43. The Balaban J connectivity index is 2.59. The summed E-state index contributed by atoms with van der Waals surface area (Å²) >= 11 is 3.21. The van der Waals surface area contributed by atoms with Gasteiger partial charge in [-0.15, -0.1) is 0 Å². The van der Waals surface area contributed by atoms with E-state index in [9.17, 15) is 4.79 Å². The summed E-state index contributed by atoms with van der Waals surface area (Å²) in [6.07, 6.45) is 0.782. The summed E-state index contributed by atoms with van der Waals surface area (Å²) in [4.78, 5) is 10.2. The zero-order chi connectivity index (χ0) is 10.8. The van der Waals surface area contributed by atoms with Crippen LogP contribution in [0.4, 0.5) is 0 Å². The van der Waals surface area contributed by atoms with Crippen molar-refractivity contribution in [3.05, 3.63) is 30.0 Å². The van der Waals surface area contributed by atoms with Gasteiger partial charge in [0, 0.05) is 0 Å². The molecule has 0 bridgehead atoms. The first-order valence-corrected chi connectivity index (χ1v) is 5.33. The Bertz CT molecular complexity index is 490. The molecule has 1 heterocycles. The zero-order valence-corrected chi connectivity index (χ0v) is 9.65. The first-order chi connectivity index (χ1) is 7.26. The molecule has 0 saturated carbocycles. The van der Waals surface area contributed by atoms with Gasteiger partial charge in [0.1, 0.15) is 28.2 Å². The number of alkyl halides is 1. The highest BCUT2D eigenvalue weighted by molar-refractivity contribution is 9.09. The highest BCUT2D eigenvalue weighted by Crippen LogP contribution is 2.32. The van der Waals surface area contributed by atoms with Crippen molar-refractivity contribution in [2.24, 2.45) is 0 Å². The molecule has 1 aromatic heterocycles. The maximum atomic E-state index is 10.6. The van der Waals surface area contributed by atoms with Gasteiger partial charge in [0.15, 0.2) is 0 Å². The summed E-state index contributed by atoms with van der Waals surface area (Å²) in [7, 11) is 1.60. The third kappa shape index (κ3) is 1.77. The second kappa shape index (κ2) is 4.06. The smallest absolute Gasteiger partial charge is 0.141 e. The van der Waals surface area contributed by atoms with Crippen molar-refractivity contribution in [1.29, 1.82) is 0 Å². The standard InChI is InChI=1S/C11H9BrO3/c1-14-9-3-2-4-10-7(9)5-11(15-10)8(12)6-13/h2-6,8H,1H3. The Morgan fingerprint density at radius 3 is 3.00 bits per heavy atom. The van der Waals surface area contributed by atoms with Crippen LogP contribution in [0.5, 0.6) is 5.75 Å². The van der Waals surface area contributed by atoms with E-state index in [1.54, 1.807) is 7.11 Å². The maximum Gasteiger partial charge on any atom is 0.141 e. The molecule has 0 spiro atoms. The van der Waals surface area contributed by atoms with Crippen molar-refractivity contribution >= 4 is 33.2 Å². The van der Waals surface area contributed by atoms with Crippen LogP contribution in [0.3, 0.4) is 0 Å². The Hall–Kier alpha value is -1.29. The number of ether oxygens (including phenoxy) is 1. The lowest BCUT2D eigenvalue weighted by atomic mass is 10.2. The predicted molar refractivity (Wildman–Crippen MR) is 60.5 cm³/mol. The van der Waals surface area contributed by atoms with Crippen molar-refractivity contribution in [2.45, 2.75) is 4.83 Å². The lowest BCUT2D eigenvalue weighted by Crippen LogP contribution is -1.85. The van der Waals surface area contributed by atoms with Crippen LogP contribution in [-0.2, 0) is 4.79 Å². The van der Waals surface area contributed by atoms with Crippen LogP contribution in [0.1, 0.15) is 10.6 Å². The molecule has 0 fully saturated rings. The summed E-state index contributed by atoms with van der Waals surface area (Å²) in [6.45, 7) is 0. The Labute approximate surface area is 95.1 Å². The van der Waals surface area contributed by atoms with Crippen LogP contribution in [0, 0.1) is 0 Å². The molecule has 0 N–H and O–H groups in total. The second-order valence-corrected chi connectivity index (χ2v) is 4.05. The molecule has 1 aromatic carbocycles. The molecular weight excluding hydrogens is 260 g/mol. The minimum atomic E-state index is -0.408. The van der Waals surface area contributed by atoms with E-state index in [1.165, 1.54) is 0 Å². The van der Waals surface area contributed by atoms with Crippen molar-refractivity contribution in [3.8, 4) is 5.75 Å². The Morgan fingerprint density at radius 2 is 2.33 bits per heavy atom. The van der Waals surface area contributed by atoms with E-state index in [0.29, 0.717) is 5.76 Å². The van der Waals surface area contributed by atoms with E-state index in [2.05, 4.69) is 15.9 Å². The number of methoxy groups -OCH3 is 1. The van der Waals surface area contributed by atoms with Crippen LogP contribution in [0.15, 0.2) is 28.7 Å². The molecule has 2 aromatic rings. The number of rotatable bonds is 3. The van der Waals surface area contributed by atoms with Crippen molar-refractivity contribution in [1.82, 2.24) is 0 Å². The molecule has 78 valence electrons. The molecule has 15 heavy (non-hydrogen) atoms. The summed E-state index contributed by atoms with van der Waals surface area (Å²) in [5.41, 5.74) is 0.718. The van der Waals surface area contributed by atoms with Gasteiger partial charge in [-0.25, -0.2) is 0 Å². The molecule has 0 saturated heterocycles. The molecular formula is C11H9BrO3. The van der Waals surface area contributed by atoms with Crippen LogP contribution in [0.2, 0.25) is 0 Å². The first kappa shape index (κ1) is 10.2. The Morgan fingerprint density at radius 1 is 1.53 bits per heavy atom. The number of aldehydes is 1. The van der Waals surface area contributed by atoms with Gasteiger partial charge in [-0.2, -0.15) is 0 Å². The van der Waals surface area contributed by atoms with Gasteiger partial charge in [0.2, 0.25) is 0 Å². The predicted octanol–water partition coefficient (Wildman–Crippen LogP) is 3.08. The number of hydrogen-bond acceptors (Lipinski definition) is 3. The minimum absolute atomic E-state index is 0.408. The van der Waals surface area contributed by atoms with Gasteiger partial charge in [0.25, 0.3) is 0 Å². The summed E-state index contributed by atoms with van der Waals surface area (Å²) in [5, 5.41) is 0.876. The normalized spacial score (nSPS) is 12.7. The van der Waals surface area contributed by atoms with E-state index >= 15 is 0 Å². The summed E-state index contributed by atoms with van der Waals surface area (Å²) in [5.74, 6) is 1.33. The fourth-order valence-corrected chi connectivity index (χ4v) is 1.66. The van der Waals surface area contributed by atoms with Gasteiger partial charge in [-0.3, -0.25) is 0 Å². The average molecular weight is 269 g/mol. The second-order valence-electron chi connectivity index (χ2n) is 3.06. The summed E-state index contributed by atoms with van der Waals surface area (Å²) < 4.78 is 10.7. The molecule has 2 rings (SSSR count). The zero-order valence-electron chi connectivity index (χ0n) is 8.07. The molecule has 0 aliphatic rings. The lowest BCUT2D eigenvalue weighted by Gasteiger charge is -1.98. The number of hydrogen-bond donors (Lipinski definition) is 0. The van der Waals surface area contributed by atoms with E-state index in [0.717, 1.165) is 23.0 Å². The lowest BCUT2D eigenvalue weighted by molar-refractivity contribution is -0.107.